The molecule has 1 aliphatic rings. The minimum Gasteiger partial charge on any atom is -0.494 e. The van der Waals surface area contributed by atoms with E-state index in [9.17, 15) is 0 Å². The molecule has 0 aliphatic carbocycles. The van der Waals surface area contributed by atoms with Crippen molar-refractivity contribution >= 4 is 0 Å². The molecule has 28 heavy (non-hydrogen) atoms. The first kappa shape index (κ1) is 18.7. The molecule has 1 unspecified atom stereocenters. The SMILES string of the molecule is COc1ccccc1-n1cc(CN2CCCC(c3ccn(CCO)n3)C2)cn1. The highest BCUT2D eigenvalue weighted by Crippen LogP contribution is 2.27. The largest absolute Gasteiger partial charge is 0.494 e. The van der Waals surface area contributed by atoms with E-state index in [1.807, 2.05) is 46.0 Å². The number of likely N-dealkylation sites (tertiary alicyclic amines) is 1. The summed E-state index contributed by atoms with van der Waals surface area (Å²) in [7, 11) is 1.68. The predicted octanol–water partition coefficient (Wildman–Crippen LogP) is 2.45. The van der Waals surface area contributed by atoms with Gasteiger partial charge in [0.15, 0.2) is 0 Å². The number of aliphatic hydroxyl groups is 1. The van der Waals surface area contributed by atoms with Gasteiger partial charge in [-0.25, -0.2) is 4.68 Å². The van der Waals surface area contributed by atoms with Crippen LogP contribution in [0.5, 0.6) is 5.75 Å². The number of aliphatic hydroxyl groups excluding tert-OH is 1. The number of nitrogens with zero attached hydrogens (tertiary/aromatic N) is 5. The Morgan fingerprint density at radius 3 is 3.00 bits per heavy atom. The van der Waals surface area contributed by atoms with Crippen LogP contribution in [0.4, 0.5) is 0 Å². The van der Waals surface area contributed by atoms with Crippen LogP contribution in [0.25, 0.3) is 5.69 Å². The zero-order chi connectivity index (χ0) is 19.3. The lowest BCUT2D eigenvalue weighted by Gasteiger charge is -2.31. The number of ether oxygens (including phenoxy) is 1. The first-order valence-electron chi connectivity index (χ1n) is 9.80. The van der Waals surface area contributed by atoms with Gasteiger partial charge in [-0.15, -0.1) is 0 Å². The molecule has 7 nitrogen and oxygen atoms in total. The van der Waals surface area contributed by atoms with E-state index in [0.29, 0.717) is 12.5 Å². The molecule has 0 radical (unpaired) electrons. The maximum atomic E-state index is 9.08. The van der Waals surface area contributed by atoms with Crippen LogP contribution in [0.15, 0.2) is 48.9 Å². The molecule has 1 saturated heterocycles. The second kappa shape index (κ2) is 8.58. The molecule has 0 amide bonds. The summed E-state index contributed by atoms with van der Waals surface area (Å²) in [5.74, 6) is 1.26. The van der Waals surface area contributed by atoms with Crippen molar-refractivity contribution in [3.8, 4) is 11.4 Å². The van der Waals surface area contributed by atoms with Gasteiger partial charge in [-0.3, -0.25) is 9.58 Å². The van der Waals surface area contributed by atoms with Gasteiger partial charge in [0.25, 0.3) is 0 Å². The Bertz CT molecular complexity index is 904. The lowest BCUT2D eigenvalue weighted by Crippen LogP contribution is -2.34. The fourth-order valence-corrected chi connectivity index (χ4v) is 3.91. The van der Waals surface area contributed by atoms with Crippen molar-refractivity contribution in [2.75, 3.05) is 26.8 Å². The highest BCUT2D eigenvalue weighted by molar-refractivity contribution is 5.46. The van der Waals surface area contributed by atoms with Gasteiger partial charge in [-0.05, 0) is 37.6 Å². The quantitative estimate of drug-likeness (QED) is 0.681. The summed E-state index contributed by atoms with van der Waals surface area (Å²) in [6.07, 6.45) is 8.30. The van der Waals surface area contributed by atoms with Gasteiger partial charge < -0.3 is 9.84 Å². The van der Waals surface area contributed by atoms with E-state index in [-0.39, 0.29) is 6.61 Å². The number of rotatable bonds is 7. The summed E-state index contributed by atoms with van der Waals surface area (Å²) in [5.41, 5.74) is 3.27. The molecule has 148 valence electrons. The number of hydrogen-bond acceptors (Lipinski definition) is 5. The molecule has 3 heterocycles. The van der Waals surface area contributed by atoms with Crippen molar-refractivity contribution in [1.29, 1.82) is 0 Å². The van der Waals surface area contributed by atoms with Crippen molar-refractivity contribution in [3.05, 3.63) is 60.2 Å². The summed E-state index contributed by atoms with van der Waals surface area (Å²) in [6, 6.07) is 9.99. The van der Waals surface area contributed by atoms with Crippen molar-refractivity contribution in [3.63, 3.8) is 0 Å². The van der Waals surface area contributed by atoms with Gasteiger partial charge in [0, 0.05) is 37.0 Å². The van der Waals surface area contributed by atoms with E-state index < -0.39 is 0 Å². The topological polar surface area (TPSA) is 68.3 Å². The summed E-state index contributed by atoms with van der Waals surface area (Å²) in [5, 5.41) is 18.2. The standard InChI is InChI=1S/C21H27N5O2/c1-28-21-7-3-2-6-20(21)26-15-17(13-22-26)14-24-9-4-5-18(16-24)19-8-10-25(23-19)11-12-27/h2-3,6-8,10,13,15,18,27H,4-5,9,11-12,14,16H2,1H3. The molecule has 7 heteroatoms. The summed E-state index contributed by atoms with van der Waals surface area (Å²) < 4.78 is 9.15. The van der Waals surface area contributed by atoms with Crippen LogP contribution >= 0.6 is 0 Å². The summed E-state index contributed by atoms with van der Waals surface area (Å²) in [4.78, 5) is 2.48. The van der Waals surface area contributed by atoms with E-state index in [1.54, 1.807) is 7.11 Å². The monoisotopic (exact) mass is 381 g/mol. The fraction of sp³-hybridized carbons (Fsp3) is 0.429. The zero-order valence-corrected chi connectivity index (χ0v) is 16.2. The molecule has 0 saturated carbocycles. The van der Waals surface area contributed by atoms with E-state index >= 15 is 0 Å². The molecule has 1 atom stereocenters. The molecule has 4 rings (SSSR count). The molecule has 0 spiro atoms. The molecule has 3 aromatic rings. The Morgan fingerprint density at radius 1 is 1.25 bits per heavy atom. The molecular weight excluding hydrogens is 354 g/mol. The number of methoxy groups -OCH3 is 1. The average Bonchev–Trinajstić information content (AvgIpc) is 3.38. The number of hydrogen-bond donors (Lipinski definition) is 1. The molecule has 1 aliphatic heterocycles. The smallest absolute Gasteiger partial charge is 0.144 e. The van der Waals surface area contributed by atoms with Gasteiger partial charge in [-0.2, -0.15) is 10.2 Å². The highest BCUT2D eigenvalue weighted by atomic mass is 16.5. The fourth-order valence-electron chi connectivity index (χ4n) is 3.91. The van der Waals surface area contributed by atoms with Crippen molar-refractivity contribution in [2.45, 2.75) is 31.8 Å². The van der Waals surface area contributed by atoms with Crippen molar-refractivity contribution < 1.29 is 9.84 Å². The van der Waals surface area contributed by atoms with E-state index in [4.69, 9.17) is 9.84 Å². The maximum absolute atomic E-state index is 9.08. The molecule has 0 bridgehead atoms. The van der Waals surface area contributed by atoms with Gasteiger partial charge in [0.05, 0.1) is 32.2 Å². The van der Waals surface area contributed by atoms with Gasteiger partial charge in [0.2, 0.25) is 0 Å². The maximum Gasteiger partial charge on any atom is 0.144 e. The Balaban J connectivity index is 1.42. The highest BCUT2D eigenvalue weighted by Gasteiger charge is 2.23. The Kier molecular flexibility index (Phi) is 5.73. The lowest BCUT2D eigenvalue weighted by atomic mass is 9.95. The zero-order valence-electron chi connectivity index (χ0n) is 16.2. The summed E-state index contributed by atoms with van der Waals surface area (Å²) >= 11 is 0. The summed E-state index contributed by atoms with van der Waals surface area (Å²) in [6.45, 7) is 3.64. The third-order valence-electron chi connectivity index (χ3n) is 5.29. The third kappa shape index (κ3) is 4.10. The first-order chi connectivity index (χ1) is 13.8. The van der Waals surface area contributed by atoms with Crippen LogP contribution < -0.4 is 4.74 Å². The second-order valence-corrected chi connectivity index (χ2v) is 7.27. The minimum absolute atomic E-state index is 0.119. The number of benzene rings is 1. The van der Waals surface area contributed by atoms with Gasteiger partial charge in [0.1, 0.15) is 11.4 Å². The molecular formula is C21H27N5O2. The van der Waals surface area contributed by atoms with E-state index in [2.05, 4.69) is 27.4 Å². The Hall–Kier alpha value is -2.64. The van der Waals surface area contributed by atoms with Crippen LogP contribution in [0.2, 0.25) is 0 Å². The van der Waals surface area contributed by atoms with Crippen LogP contribution in [-0.2, 0) is 13.1 Å². The number of para-hydroxylation sites is 2. The van der Waals surface area contributed by atoms with E-state index in [0.717, 1.165) is 49.6 Å². The van der Waals surface area contributed by atoms with Crippen LogP contribution in [0.3, 0.4) is 0 Å². The average molecular weight is 381 g/mol. The predicted molar refractivity (Wildman–Crippen MR) is 107 cm³/mol. The minimum atomic E-state index is 0.119. The lowest BCUT2D eigenvalue weighted by molar-refractivity contribution is 0.197. The first-order valence-corrected chi connectivity index (χ1v) is 9.80. The molecule has 1 aromatic carbocycles. The van der Waals surface area contributed by atoms with Crippen LogP contribution in [-0.4, -0.2) is 56.4 Å². The van der Waals surface area contributed by atoms with E-state index in [1.165, 1.54) is 5.56 Å². The Morgan fingerprint density at radius 2 is 2.14 bits per heavy atom. The Labute approximate surface area is 165 Å². The normalized spacial score (nSPS) is 17.7. The molecule has 2 aromatic heterocycles. The van der Waals surface area contributed by atoms with Crippen molar-refractivity contribution in [2.24, 2.45) is 0 Å². The van der Waals surface area contributed by atoms with Gasteiger partial charge in [-0.1, -0.05) is 12.1 Å². The molecule has 1 fully saturated rings. The van der Waals surface area contributed by atoms with Crippen LogP contribution in [0, 0.1) is 0 Å². The molecule has 1 N–H and O–H groups in total. The number of aromatic nitrogens is 4. The van der Waals surface area contributed by atoms with Crippen molar-refractivity contribution in [1.82, 2.24) is 24.5 Å². The van der Waals surface area contributed by atoms with Crippen LogP contribution in [0.1, 0.15) is 30.0 Å². The second-order valence-electron chi connectivity index (χ2n) is 7.27. The number of piperidine rings is 1. The van der Waals surface area contributed by atoms with Gasteiger partial charge >= 0.3 is 0 Å². The third-order valence-corrected chi connectivity index (χ3v) is 5.29.